The first-order valence-electron chi connectivity index (χ1n) is 8.34. The Kier molecular flexibility index (Phi) is 5.05. The molecule has 0 bridgehead atoms. The van der Waals surface area contributed by atoms with Crippen molar-refractivity contribution in [1.29, 1.82) is 0 Å². The summed E-state index contributed by atoms with van der Waals surface area (Å²) in [5.41, 5.74) is 3.81. The molecule has 0 aliphatic heterocycles. The van der Waals surface area contributed by atoms with E-state index in [1.807, 2.05) is 54.6 Å². The van der Waals surface area contributed by atoms with Gasteiger partial charge in [-0.15, -0.1) is 0 Å². The van der Waals surface area contributed by atoms with Crippen LogP contribution in [0.15, 0.2) is 65.1 Å². The summed E-state index contributed by atoms with van der Waals surface area (Å²) in [5, 5.41) is 0.553. The fraction of sp³-hybridized carbons (Fsp3) is 0.0952. The van der Waals surface area contributed by atoms with Crippen LogP contribution in [0.4, 0.5) is 0 Å². The molecule has 0 saturated carbocycles. The SMILES string of the molecule is COc1ccc(-c2nc3ccccc3[nH]2)cc1COc1ccc(Br)cc1Cl. The van der Waals surface area contributed by atoms with Crippen molar-refractivity contribution >= 4 is 38.6 Å². The Bertz CT molecular complexity index is 1080. The Balaban J connectivity index is 1.64. The highest BCUT2D eigenvalue weighted by molar-refractivity contribution is 9.10. The van der Waals surface area contributed by atoms with E-state index in [-0.39, 0.29) is 0 Å². The van der Waals surface area contributed by atoms with E-state index in [0.29, 0.717) is 17.4 Å². The van der Waals surface area contributed by atoms with Crippen LogP contribution in [0.2, 0.25) is 5.02 Å². The van der Waals surface area contributed by atoms with Crippen molar-refractivity contribution in [2.24, 2.45) is 0 Å². The Morgan fingerprint density at radius 2 is 1.85 bits per heavy atom. The molecule has 0 aliphatic carbocycles. The molecule has 6 heteroatoms. The molecule has 1 aromatic heterocycles. The van der Waals surface area contributed by atoms with Crippen molar-refractivity contribution in [3.05, 3.63) is 75.7 Å². The minimum atomic E-state index is 0.332. The van der Waals surface area contributed by atoms with Gasteiger partial charge in [-0.05, 0) is 48.5 Å². The zero-order chi connectivity index (χ0) is 18.8. The largest absolute Gasteiger partial charge is 0.496 e. The molecule has 0 fully saturated rings. The quantitative estimate of drug-likeness (QED) is 0.397. The summed E-state index contributed by atoms with van der Waals surface area (Å²) in [6.45, 7) is 0.332. The molecule has 4 aromatic rings. The number of aromatic nitrogens is 2. The van der Waals surface area contributed by atoms with Gasteiger partial charge in [-0.1, -0.05) is 39.7 Å². The van der Waals surface area contributed by atoms with Gasteiger partial charge < -0.3 is 14.5 Å². The van der Waals surface area contributed by atoms with Crippen LogP contribution in [-0.2, 0) is 6.61 Å². The van der Waals surface area contributed by atoms with Crippen molar-refractivity contribution in [3.63, 3.8) is 0 Å². The fourth-order valence-corrected chi connectivity index (χ4v) is 3.60. The van der Waals surface area contributed by atoms with Crippen molar-refractivity contribution in [3.8, 4) is 22.9 Å². The molecule has 0 spiro atoms. The molecule has 0 amide bonds. The average Bonchev–Trinajstić information content (AvgIpc) is 3.11. The lowest BCUT2D eigenvalue weighted by molar-refractivity contribution is 0.297. The van der Waals surface area contributed by atoms with Crippen LogP contribution >= 0.6 is 27.5 Å². The third-order valence-electron chi connectivity index (χ3n) is 4.22. The molecule has 3 aromatic carbocycles. The molecule has 4 rings (SSSR count). The second-order valence-corrected chi connectivity index (χ2v) is 7.32. The van der Waals surface area contributed by atoms with E-state index in [9.17, 15) is 0 Å². The van der Waals surface area contributed by atoms with Crippen molar-refractivity contribution in [2.75, 3.05) is 7.11 Å². The summed E-state index contributed by atoms with van der Waals surface area (Å²) in [7, 11) is 1.65. The smallest absolute Gasteiger partial charge is 0.138 e. The van der Waals surface area contributed by atoms with E-state index in [1.54, 1.807) is 13.2 Å². The van der Waals surface area contributed by atoms with Gasteiger partial charge in [-0.2, -0.15) is 0 Å². The van der Waals surface area contributed by atoms with Crippen molar-refractivity contribution in [1.82, 2.24) is 9.97 Å². The highest BCUT2D eigenvalue weighted by Gasteiger charge is 2.11. The number of nitrogens with one attached hydrogen (secondary N) is 1. The van der Waals surface area contributed by atoms with Crippen LogP contribution in [0.25, 0.3) is 22.4 Å². The van der Waals surface area contributed by atoms with Crippen LogP contribution in [0.1, 0.15) is 5.56 Å². The van der Waals surface area contributed by atoms with Crippen molar-refractivity contribution < 1.29 is 9.47 Å². The standard InChI is InChI=1S/C21H16BrClN2O2/c1-26-19-8-6-13(21-24-17-4-2-3-5-18(17)25-21)10-14(19)12-27-20-9-7-15(22)11-16(20)23/h2-11H,12H2,1H3,(H,24,25). The maximum absolute atomic E-state index is 6.24. The Hall–Kier alpha value is -2.50. The maximum Gasteiger partial charge on any atom is 0.138 e. The van der Waals surface area contributed by atoms with E-state index in [0.717, 1.165) is 38.2 Å². The number of halogens is 2. The normalized spacial score (nSPS) is 10.9. The summed E-state index contributed by atoms with van der Waals surface area (Å²) in [4.78, 5) is 8.00. The molecule has 0 aliphatic rings. The number of aromatic amines is 1. The molecule has 1 N–H and O–H groups in total. The molecule has 0 atom stereocenters. The minimum Gasteiger partial charge on any atom is -0.496 e. The highest BCUT2D eigenvalue weighted by atomic mass is 79.9. The summed E-state index contributed by atoms with van der Waals surface area (Å²) >= 11 is 9.64. The topological polar surface area (TPSA) is 47.1 Å². The number of fused-ring (bicyclic) bond motifs is 1. The zero-order valence-electron chi connectivity index (χ0n) is 14.5. The number of benzene rings is 3. The number of hydrogen-bond acceptors (Lipinski definition) is 3. The molecular formula is C21H16BrClN2O2. The van der Waals surface area contributed by atoms with E-state index in [4.69, 9.17) is 21.1 Å². The summed E-state index contributed by atoms with van der Waals surface area (Å²) in [6, 6.07) is 19.4. The number of imidazole rings is 1. The van der Waals surface area contributed by atoms with Gasteiger partial charge in [-0.25, -0.2) is 4.98 Å². The third-order valence-corrected chi connectivity index (χ3v) is 5.01. The number of ether oxygens (including phenoxy) is 2. The lowest BCUT2D eigenvalue weighted by atomic mass is 10.1. The van der Waals surface area contributed by atoms with Crippen LogP contribution in [0.3, 0.4) is 0 Å². The molecule has 136 valence electrons. The van der Waals surface area contributed by atoms with Gasteiger partial charge in [0.15, 0.2) is 0 Å². The predicted molar refractivity (Wildman–Crippen MR) is 112 cm³/mol. The first-order valence-corrected chi connectivity index (χ1v) is 9.51. The minimum absolute atomic E-state index is 0.332. The number of hydrogen-bond donors (Lipinski definition) is 1. The second kappa shape index (κ2) is 7.62. The molecular weight excluding hydrogens is 428 g/mol. The Morgan fingerprint density at radius 3 is 2.63 bits per heavy atom. The van der Waals surface area contributed by atoms with Crippen LogP contribution in [0.5, 0.6) is 11.5 Å². The number of para-hydroxylation sites is 2. The van der Waals surface area contributed by atoms with Gasteiger partial charge in [0.05, 0.1) is 23.2 Å². The van der Waals surface area contributed by atoms with Crippen LogP contribution in [-0.4, -0.2) is 17.1 Å². The predicted octanol–water partition coefficient (Wildman–Crippen LogP) is 6.23. The lowest BCUT2D eigenvalue weighted by Gasteiger charge is -2.12. The molecule has 4 nitrogen and oxygen atoms in total. The van der Waals surface area contributed by atoms with Gasteiger partial charge in [0, 0.05) is 15.6 Å². The van der Waals surface area contributed by atoms with Crippen LogP contribution < -0.4 is 9.47 Å². The van der Waals surface area contributed by atoms with E-state index in [2.05, 4.69) is 25.9 Å². The van der Waals surface area contributed by atoms with Gasteiger partial charge in [0.2, 0.25) is 0 Å². The molecule has 0 radical (unpaired) electrons. The highest BCUT2D eigenvalue weighted by Crippen LogP contribution is 2.31. The average molecular weight is 444 g/mol. The Morgan fingerprint density at radius 1 is 1.04 bits per heavy atom. The first-order chi connectivity index (χ1) is 13.1. The number of nitrogens with zero attached hydrogens (tertiary/aromatic N) is 1. The molecule has 0 saturated heterocycles. The lowest BCUT2D eigenvalue weighted by Crippen LogP contribution is -2.00. The van der Waals surface area contributed by atoms with E-state index in [1.165, 1.54) is 0 Å². The van der Waals surface area contributed by atoms with E-state index >= 15 is 0 Å². The monoisotopic (exact) mass is 442 g/mol. The number of methoxy groups -OCH3 is 1. The van der Waals surface area contributed by atoms with Crippen LogP contribution in [0, 0.1) is 0 Å². The van der Waals surface area contributed by atoms with Gasteiger partial charge in [0.1, 0.15) is 23.9 Å². The summed E-state index contributed by atoms with van der Waals surface area (Å²) < 4.78 is 12.3. The number of rotatable bonds is 5. The summed E-state index contributed by atoms with van der Waals surface area (Å²) in [5.74, 6) is 2.18. The fourth-order valence-electron chi connectivity index (χ4n) is 2.88. The maximum atomic E-state index is 6.24. The van der Waals surface area contributed by atoms with E-state index < -0.39 is 0 Å². The van der Waals surface area contributed by atoms with Gasteiger partial charge in [0.25, 0.3) is 0 Å². The van der Waals surface area contributed by atoms with Gasteiger partial charge in [-0.3, -0.25) is 0 Å². The van der Waals surface area contributed by atoms with Crippen molar-refractivity contribution in [2.45, 2.75) is 6.61 Å². The van der Waals surface area contributed by atoms with Gasteiger partial charge >= 0.3 is 0 Å². The second-order valence-electron chi connectivity index (χ2n) is 5.99. The summed E-state index contributed by atoms with van der Waals surface area (Å²) in [6.07, 6.45) is 0. The Labute approximate surface area is 170 Å². The number of H-pyrrole nitrogens is 1. The first kappa shape index (κ1) is 17.9. The molecule has 1 heterocycles. The molecule has 0 unspecified atom stereocenters. The third kappa shape index (κ3) is 3.80. The molecule has 27 heavy (non-hydrogen) atoms. The zero-order valence-corrected chi connectivity index (χ0v) is 16.8.